The highest BCUT2D eigenvalue weighted by atomic mass is 35.5. The molecule has 2 heterocycles. The number of aliphatic hydroxyl groups is 1. The second-order valence-electron chi connectivity index (χ2n) is 4.93. The highest BCUT2D eigenvalue weighted by Gasteiger charge is 2.17. The Balaban J connectivity index is 2.19. The van der Waals surface area contributed by atoms with E-state index in [1.165, 1.54) is 6.33 Å². The van der Waals surface area contributed by atoms with Gasteiger partial charge in [-0.3, -0.25) is 0 Å². The Morgan fingerprint density at radius 3 is 3.00 bits per heavy atom. The van der Waals surface area contributed by atoms with Crippen LogP contribution in [0, 0.1) is 5.41 Å². The highest BCUT2D eigenvalue weighted by Crippen LogP contribution is 2.21. The Labute approximate surface area is 110 Å². The van der Waals surface area contributed by atoms with E-state index in [0.29, 0.717) is 17.5 Å². The molecule has 2 N–H and O–H groups in total. The lowest BCUT2D eigenvalue weighted by Crippen LogP contribution is -2.25. The number of nitrogens with one attached hydrogen (secondary N) is 1. The Morgan fingerprint density at radius 1 is 1.50 bits per heavy atom. The Morgan fingerprint density at radius 2 is 2.28 bits per heavy atom. The molecule has 0 fully saturated rings. The number of aromatic nitrogens is 4. The third kappa shape index (κ3) is 2.88. The number of hydrogen-bond donors (Lipinski definition) is 2. The van der Waals surface area contributed by atoms with E-state index in [1.54, 1.807) is 10.6 Å². The van der Waals surface area contributed by atoms with Gasteiger partial charge in [0.05, 0.1) is 0 Å². The van der Waals surface area contributed by atoms with Gasteiger partial charge >= 0.3 is 0 Å². The van der Waals surface area contributed by atoms with Crippen molar-refractivity contribution in [3.63, 3.8) is 0 Å². The first-order chi connectivity index (χ1) is 8.52. The van der Waals surface area contributed by atoms with E-state index in [4.69, 9.17) is 16.7 Å². The van der Waals surface area contributed by atoms with Crippen LogP contribution in [0.4, 0.5) is 5.82 Å². The summed E-state index contributed by atoms with van der Waals surface area (Å²) in [6.07, 6.45) is 2.15. The van der Waals surface area contributed by atoms with Gasteiger partial charge in [-0.1, -0.05) is 25.4 Å². The first kappa shape index (κ1) is 13.0. The molecule has 0 bridgehead atoms. The smallest absolute Gasteiger partial charge is 0.255 e. The fourth-order valence-electron chi connectivity index (χ4n) is 1.63. The average molecular weight is 270 g/mol. The van der Waals surface area contributed by atoms with E-state index in [-0.39, 0.29) is 12.0 Å². The standard InChI is InChI=1S/C11H16ClN5O/c1-11(2,3-4-18)6-13-9-5-8(12)16-10-14-7-15-17(9)10/h5,7,13,18H,3-4,6H2,1-2H3. The summed E-state index contributed by atoms with van der Waals surface area (Å²) in [5.74, 6) is 1.21. The van der Waals surface area contributed by atoms with E-state index < -0.39 is 0 Å². The molecular formula is C11H16ClN5O. The van der Waals surface area contributed by atoms with Crippen molar-refractivity contribution in [1.82, 2.24) is 19.6 Å². The molecule has 0 unspecified atom stereocenters. The molecule has 98 valence electrons. The van der Waals surface area contributed by atoms with Gasteiger partial charge in [0.1, 0.15) is 17.3 Å². The molecular weight excluding hydrogens is 254 g/mol. The lowest BCUT2D eigenvalue weighted by molar-refractivity contribution is 0.220. The molecule has 0 aliphatic carbocycles. The average Bonchev–Trinajstić information content (AvgIpc) is 2.73. The number of halogens is 1. The summed E-state index contributed by atoms with van der Waals surface area (Å²) >= 11 is 5.92. The number of rotatable bonds is 5. The van der Waals surface area contributed by atoms with Gasteiger partial charge in [0.2, 0.25) is 0 Å². The molecule has 18 heavy (non-hydrogen) atoms. The van der Waals surface area contributed by atoms with Crippen LogP contribution >= 0.6 is 11.6 Å². The SMILES string of the molecule is CC(C)(CCO)CNc1cc(Cl)nc2ncnn12. The van der Waals surface area contributed by atoms with Crippen molar-refractivity contribution in [2.24, 2.45) is 5.41 Å². The summed E-state index contributed by atoms with van der Waals surface area (Å²) in [6.45, 7) is 5.03. The fourth-order valence-corrected chi connectivity index (χ4v) is 1.81. The summed E-state index contributed by atoms with van der Waals surface area (Å²) in [4.78, 5) is 8.05. The zero-order chi connectivity index (χ0) is 13.2. The van der Waals surface area contributed by atoms with Gasteiger partial charge in [-0.05, 0) is 11.8 Å². The van der Waals surface area contributed by atoms with Gasteiger partial charge < -0.3 is 10.4 Å². The largest absolute Gasteiger partial charge is 0.396 e. The van der Waals surface area contributed by atoms with Gasteiger partial charge in [0.25, 0.3) is 5.78 Å². The van der Waals surface area contributed by atoms with Crippen molar-refractivity contribution in [1.29, 1.82) is 0 Å². The van der Waals surface area contributed by atoms with E-state index >= 15 is 0 Å². The zero-order valence-corrected chi connectivity index (χ0v) is 11.1. The van der Waals surface area contributed by atoms with E-state index in [2.05, 4.69) is 34.2 Å². The van der Waals surface area contributed by atoms with Crippen molar-refractivity contribution in [2.45, 2.75) is 20.3 Å². The summed E-state index contributed by atoms with van der Waals surface area (Å²) in [7, 11) is 0. The topological polar surface area (TPSA) is 75.3 Å². The van der Waals surface area contributed by atoms with Crippen molar-refractivity contribution in [3.05, 3.63) is 17.5 Å². The number of hydrogen-bond acceptors (Lipinski definition) is 5. The Kier molecular flexibility index (Phi) is 3.68. The summed E-state index contributed by atoms with van der Waals surface area (Å²) in [6, 6.07) is 1.71. The maximum absolute atomic E-state index is 9.00. The zero-order valence-electron chi connectivity index (χ0n) is 10.4. The number of fused-ring (bicyclic) bond motifs is 1. The predicted molar refractivity (Wildman–Crippen MR) is 69.8 cm³/mol. The maximum atomic E-state index is 9.00. The van der Waals surface area contributed by atoms with Crippen molar-refractivity contribution < 1.29 is 5.11 Å². The molecule has 7 heteroatoms. The van der Waals surface area contributed by atoms with Gasteiger partial charge in [0.15, 0.2) is 0 Å². The molecule has 0 atom stereocenters. The molecule has 0 amide bonds. The number of aliphatic hydroxyl groups excluding tert-OH is 1. The minimum absolute atomic E-state index is 0.0165. The highest BCUT2D eigenvalue weighted by molar-refractivity contribution is 6.29. The molecule has 0 aromatic carbocycles. The van der Waals surface area contributed by atoms with Crippen LogP contribution in [-0.4, -0.2) is 37.8 Å². The molecule has 0 radical (unpaired) electrons. The van der Waals surface area contributed by atoms with Gasteiger partial charge in [-0.25, -0.2) is 0 Å². The molecule has 2 aromatic rings. The number of anilines is 1. The van der Waals surface area contributed by atoms with Crippen LogP contribution < -0.4 is 5.32 Å². The molecule has 2 aromatic heterocycles. The van der Waals surface area contributed by atoms with Crippen molar-refractivity contribution in [3.8, 4) is 0 Å². The van der Waals surface area contributed by atoms with Crippen molar-refractivity contribution >= 4 is 23.2 Å². The van der Waals surface area contributed by atoms with Crippen LogP contribution in [0.2, 0.25) is 5.15 Å². The predicted octanol–water partition coefficient (Wildman–Crippen LogP) is 1.60. The molecule has 6 nitrogen and oxygen atoms in total. The Hall–Kier alpha value is -1.40. The minimum atomic E-state index is -0.0165. The van der Waals surface area contributed by atoms with E-state index in [0.717, 1.165) is 12.2 Å². The quantitative estimate of drug-likeness (QED) is 0.807. The molecule has 0 saturated carbocycles. The van der Waals surface area contributed by atoms with Gasteiger partial charge in [-0.2, -0.15) is 19.6 Å². The first-order valence-electron chi connectivity index (χ1n) is 5.73. The lowest BCUT2D eigenvalue weighted by Gasteiger charge is -2.24. The molecule has 0 spiro atoms. The van der Waals surface area contributed by atoms with Crippen LogP contribution in [0.25, 0.3) is 5.78 Å². The van der Waals surface area contributed by atoms with Crippen LogP contribution in [0.15, 0.2) is 12.4 Å². The third-order valence-corrected chi connectivity index (χ3v) is 2.95. The van der Waals surface area contributed by atoms with Crippen LogP contribution in [0.1, 0.15) is 20.3 Å². The normalized spacial score (nSPS) is 12.0. The molecule has 2 rings (SSSR count). The third-order valence-electron chi connectivity index (χ3n) is 2.76. The first-order valence-corrected chi connectivity index (χ1v) is 6.11. The fraction of sp³-hybridized carbons (Fsp3) is 0.545. The summed E-state index contributed by atoms with van der Waals surface area (Å²) in [5, 5.41) is 16.7. The summed E-state index contributed by atoms with van der Waals surface area (Å²) < 4.78 is 1.60. The molecule has 0 saturated heterocycles. The van der Waals surface area contributed by atoms with E-state index in [9.17, 15) is 0 Å². The monoisotopic (exact) mass is 269 g/mol. The van der Waals surface area contributed by atoms with Crippen LogP contribution in [0.3, 0.4) is 0 Å². The minimum Gasteiger partial charge on any atom is -0.396 e. The number of nitrogens with zero attached hydrogens (tertiary/aromatic N) is 4. The van der Waals surface area contributed by atoms with E-state index in [1.807, 2.05) is 0 Å². The van der Waals surface area contributed by atoms with Gasteiger partial charge in [-0.15, -0.1) is 0 Å². The Bertz CT molecular complexity index is 539. The van der Waals surface area contributed by atoms with Crippen LogP contribution in [0.5, 0.6) is 0 Å². The maximum Gasteiger partial charge on any atom is 0.255 e. The molecule has 0 aliphatic heterocycles. The second kappa shape index (κ2) is 5.07. The van der Waals surface area contributed by atoms with Crippen LogP contribution in [-0.2, 0) is 0 Å². The van der Waals surface area contributed by atoms with Crippen molar-refractivity contribution in [2.75, 3.05) is 18.5 Å². The summed E-state index contributed by atoms with van der Waals surface area (Å²) in [5.41, 5.74) is -0.0165. The van der Waals surface area contributed by atoms with Gasteiger partial charge in [0, 0.05) is 19.2 Å². The lowest BCUT2D eigenvalue weighted by atomic mass is 9.90. The second-order valence-corrected chi connectivity index (χ2v) is 5.31. The molecule has 0 aliphatic rings.